The number of amides is 1. The smallest absolute Gasteiger partial charge is 0.249 e. The molecule has 0 radical (unpaired) electrons. The number of methoxy groups -OCH3 is 1. The lowest BCUT2D eigenvalue weighted by atomic mass is 10.0. The van der Waals surface area contributed by atoms with Crippen molar-refractivity contribution < 1.29 is 9.53 Å². The molecule has 1 amide bonds. The average Bonchev–Trinajstić information content (AvgIpc) is 2.63. The molecule has 0 bridgehead atoms. The third kappa shape index (κ3) is 3.97. The number of hydrogen-bond donors (Lipinski definition) is 2. The maximum absolute atomic E-state index is 11.5. The van der Waals surface area contributed by atoms with Gasteiger partial charge in [-0.1, -0.05) is 6.42 Å². The van der Waals surface area contributed by atoms with Crippen molar-refractivity contribution in [2.75, 3.05) is 13.7 Å². The molecule has 1 aliphatic carbocycles. The molecule has 1 aliphatic rings. The molecule has 1 saturated carbocycles. The fraction of sp³-hybridized carbons (Fsp3) is 0.900. The van der Waals surface area contributed by atoms with Gasteiger partial charge in [-0.3, -0.25) is 4.79 Å². The lowest BCUT2D eigenvalue weighted by Crippen LogP contribution is -2.44. The standard InChI is InChI=1S/C10H20N2O2.ClH/c1-7(14-2)10(13)12-9-5-3-4-8(9)6-11;/h7-9H,3-6,11H2,1-2H3,(H,12,13);1H. The van der Waals surface area contributed by atoms with Crippen LogP contribution >= 0.6 is 12.4 Å². The van der Waals surface area contributed by atoms with Gasteiger partial charge in [0.15, 0.2) is 0 Å². The number of halogens is 1. The van der Waals surface area contributed by atoms with Gasteiger partial charge in [-0.05, 0) is 32.2 Å². The Morgan fingerprint density at radius 3 is 2.80 bits per heavy atom. The van der Waals surface area contributed by atoms with E-state index in [4.69, 9.17) is 10.5 Å². The van der Waals surface area contributed by atoms with Gasteiger partial charge in [0.1, 0.15) is 6.10 Å². The monoisotopic (exact) mass is 236 g/mol. The highest BCUT2D eigenvalue weighted by Crippen LogP contribution is 2.24. The molecule has 1 fully saturated rings. The summed E-state index contributed by atoms with van der Waals surface area (Å²) in [4.78, 5) is 11.5. The quantitative estimate of drug-likeness (QED) is 0.755. The summed E-state index contributed by atoms with van der Waals surface area (Å²) in [5.41, 5.74) is 5.63. The van der Waals surface area contributed by atoms with Crippen LogP contribution in [0.25, 0.3) is 0 Å². The number of nitrogens with two attached hydrogens (primary N) is 1. The summed E-state index contributed by atoms with van der Waals surface area (Å²) in [6.07, 6.45) is 2.97. The van der Waals surface area contributed by atoms with Gasteiger partial charge in [0.25, 0.3) is 0 Å². The third-order valence-corrected chi connectivity index (χ3v) is 3.01. The Bertz CT molecular complexity index is 202. The van der Waals surface area contributed by atoms with Crippen molar-refractivity contribution in [3.05, 3.63) is 0 Å². The first kappa shape index (κ1) is 14.7. The van der Waals surface area contributed by atoms with Crippen molar-refractivity contribution >= 4 is 18.3 Å². The van der Waals surface area contributed by atoms with Gasteiger partial charge >= 0.3 is 0 Å². The van der Waals surface area contributed by atoms with E-state index in [0.29, 0.717) is 12.5 Å². The summed E-state index contributed by atoms with van der Waals surface area (Å²) in [6.45, 7) is 2.41. The number of rotatable bonds is 4. The minimum absolute atomic E-state index is 0. The Labute approximate surface area is 97.3 Å². The molecule has 0 spiro atoms. The minimum Gasteiger partial charge on any atom is -0.372 e. The van der Waals surface area contributed by atoms with Gasteiger partial charge < -0.3 is 15.8 Å². The summed E-state index contributed by atoms with van der Waals surface area (Å²) in [5, 5.41) is 2.99. The van der Waals surface area contributed by atoms with Crippen LogP contribution in [0, 0.1) is 5.92 Å². The topological polar surface area (TPSA) is 64.3 Å². The maximum atomic E-state index is 11.5. The Balaban J connectivity index is 0.00000196. The molecule has 0 saturated heterocycles. The van der Waals surface area contributed by atoms with Crippen molar-refractivity contribution in [1.29, 1.82) is 0 Å². The predicted molar refractivity (Wildman–Crippen MR) is 62.0 cm³/mol. The number of nitrogens with one attached hydrogen (secondary N) is 1. The number of ether oxygens (including phenoxy) is 1. The van der Waals surface area contributed by atoms with Gasteiger partial charge in [-0.2, -0.15) is 0 Å². The molecule has 0 aliphatic heterocycles. The molecule has 0 aromatic rings. The van der Waals surface area contributed by atoms with Gasteiger partial charge in [-0.25, -0.2) is 0 Å². The number of hydrogen-bond acceptors (Lipinski definition) is 3. The highest BCUT2D eigenvalue weighted by atomic mass is 35.5. The van der Waals surface area contributed by atoms with E-state index in [0.717, 1.165) is 19.3 Å². The first-order valence-corrected chi connectivity index (χ1v) is 5.22. The van der Waals surface area contributed by atoms with Crippen LogP contribution in [-0.2, 0) is 9.53 Å². The molecular weight excluding hydrogens is 216 g/mol. The highest BCUT2D eigenvalue weighted by molar-refractivity contribution is 5.85. The third-order valence-electron chi connectivity index (χ3n) is 3.01. The zero-order valence-electron chi connectivity index (χ0n) is 9.36. The van der Waals surface area contributed by atoms with E-state index >= 15 is 0 Å². The number of carbonyl (C=O) groups is 1. The Hall–Kier alpha value is -0.320. The van der Waals surface area contributed by atoms with Crippen molar-refractivity contribution in [2.45, 2.75) is 38.3 Å². The lowest BCUT2D eigenvalue weighted by Gasteiger charge is -2.21. The molecule has 3 unspecified atom stereocenters. The molecule has 3 N–H and O–H groups in total. The summed E-state index contributed by atoms with van der Waals surface area (Å²) >= 11 is 0. The second-order valence-corrected chi connectivity index (χ2v) is 3.92. The summed E-state index contributed by atoms with van der Waals surface area (Å²) in [6, 6.07) is 0.255. The Kier molecular flexibility index (Phi) is 6.89. The Morgan fingerprint density at radius 1 is 1.60 bits per heavy atom. The molecule has 3 atom stereocenters. The van der Waals surface area contributed by atoms with Crippen molar-refractivity contribution in [3.63, 3.8) is 0 Å². The second kappa shape index (κ2) is 7.04. The van der Waals surface area contributed by atoms with Crippen LogP contribution in [0.15, 0.2) is 0 Å². The number of carbonyl (C=O) groups excluding carboxylic acids is 1. The maximum Gasteiger partial charge on any atom is 0.249 e. The van der Waals surface area contributed by atoms with E-state index in [2.05, 4.69) is 5.32 Å². The van der Waals surface area contributed by atoms with Crippen molar-refractivity contribution in [1.82, 2.24) is 5.32 Å². The fourth-order valence-electron chi connectivity index (χ4n) is 1.92. The largest absolute Gasteiger partial charge is 0.372 e. The zero-order chi connectivity index (χ0) is 10.6. The zero-order valence-corrected chi connectivity index (χ0v) is 10.2. The summed E-state index contributed by atoms with van der Waals surface area (Å²) in [7, 11) is 1.54. The van der Waals surface area contributed by atoms with Crippen LogP contribution in [0.1, 0.15) is 26.2 Å². The van der Waals surface area contributed by atoms with Crippen LogP contribution in [-0.4, -0.2) is 31.7 Å². The van der Waals surface area contributed by atoms with Gasteiger partial charge in [0.2, 0.25) is 5.91 Å². The van der Waals surface area contributed by atoms with E-state index in [1.54, 1.807) is 14.0 Å². The average molecular weight is 237 g/mol. The van der Waals surface area contributed by atoms with Crippen LogP contribution in [0.3, 0.4) is 0 Å². The first-order chi connectivity index (χ1) is 6.69. The second-order valence-electron chi connectivity index (χ2n) is 3.92. The highest BCUT2D eigenvalue weighted by Gasteiger charge is 2.28. The Morgan fingerprint density at radius 2 is 2.27 bits per heavy atom. The molecule has 0 aromatic carbocycles. The molecule has 15 heavy (non-hydrogen) atoms. The van der Waals surface area contributed by atoms with Crippen molar-refractivity contribution in [3.8, 4) is 0 Å². The van der Waals surface area contributed by atoms with E-state index in [9.17, 15) is 4.79 Å². The van der Waals surface area contributed by atoms with E-state index < -0.39 is 0 Å². The van der Waals surface area contributed by atoms with Crippen LogP contribution in [0.2, 0.25) is 0 Å². The molecular formula is C10H21ClN2O2. The minimum atomic E-state index is -0.367. The van der Waals surface area contributed by atoms with Gasteiger partial charge in [0.05, 0.1) is 0 Å². The molecule has 0 heterocycles. The first-order valence-electron chi connectivity index (χ1n) is 5.22. The predicted octanol–water partition coefficient (Wildman–Crippen LogP) is 0.687. The van der Waals surface area contributed by atoms with Gasteiger partial charge in [0, 0.05) is 13.2 Å². The van der Waals surface area contributed by atoms with E-state index in [1.165, 1.54) is 0 Å². The normalized spacial score (nSPS) is 26.9. The fourth-order valence-corrected chi connectivity index (χ4v) is 1.92. The van der Waals surface area contributed by atoms with E-state index in [1.807, 2.05) is 0 Å². The van der Waals surface area contributed by atoms with Crippen molar-refractivity contribution in [2.24, 2.45) is 11.7 Å². The molecule has 4 nitrogen and oxygen atoms in total. The van der Waals surface area contributed by atoms with Crippen LogP contribution in [0.4, 0.5) is 0 Å². The SMILES string of the molecule is COC(C)C(=O)NC1CCCC1CN.Cl. The summed E-state index contributed by atoms with van der Waals surface area (Å²) < 4.78 is 4.95. The molecule has 90 valence electrons. The van der Waals surface area contributed by atoms with Gasteiger partial charge in [-0.15, -0.1) is 12.4 Å². The summed E-state index contributed by atoms with van der Waals surface area (Å²) in [5.74, 6) is 0.417. The molecule has 0 aromatic heterocycles. The molecule has 5 heteroatoms. The van der Waals surface area contributed by atoms with Crippen LogP contribution < -0.4 is 11.1 Å². The van der Waals surface area contributed by atoms with Crippen LogP contribution in [0.5, 0.6) is 0 Å². The van der Waals surface area contributed by atoms with E-state index in [-0.39, 0.29) is 30.5 Å². The lowest BCUT2D eigenvalue weighted by molar-refractivity contribution is -0.131. The molecule has 1 rings (SSSR count).